The van der Waals surface area contributed by atoms with Crippen LogP contribution in [0.3, 0.4) is 0 Å². The first-order valence-electron chi connectivity index (χ1n) is 5.69. The van der Waals surface area contributed by atoms with E-state index in [2.05, 4.69) is 4.74 Å². The molecule has 0 radical (unpaired) electrons. The maximum Gasteiger partial charge on any atom is 0.417 e. The van der Waals surface area contributed by atoms with Gasteiger partial charge < -0.3 is 10.5 Å². The van der Waals surface area contributed by atoms with E-state index in [1.165, 1.54) is 6.92 Å². The zero-order valence-electron chi connectivity index (χ0n) is 11.1. The van der Waals surface area contributed by atoms with E-state index in [0.29, 0.717) is 12.1 Å². The third-order valence-electron chi connectivity index (χ3n) is 2.60. The van der Waals surface area contributed by atoms with Gasteiger partial charge in [0, 0.05) is 0 Å². The molecule has 0 aliphatic heterocycles. The molecular formula is C12H12Cl2F5NO2. The normalized spacial score (nSPS) is 13.3. The summed E-state index contributed by atoms with van der Waals surface area (Å²) in [7, 11) is 0. The number of halogens is 7. The molecule has 1 aromatic rings. The van der Waals surface area contributed by atoms with Crippen molar-refractivity contribution in [2.45, 2.75) is 25.1 Å². The number of rotatable bonds is 4. The van der Waals surface area contributed by atoms with E-state index in [4.69, 9.17) is 17.3 Å². The monoisotopic (exact) mass is 367 g/mol. The predicted octanol–water partition coefficient (Wildman–Crippen LogP) is 3.98. The second-order valence-corrected chi connectivity index (χ2v) is 4.47. The van der Waals surface area contributed by atoms with E-state index in [9.17, 15) is 26.7 Å². The van der Waals surface area contributed by atoms with Crippen molar-refractivity contribution in [2.75, 3.05) is 6.61 Å². The molecular weight excluding hydrogens is 356 g/mol. The molecule has 2 N–H and O–H groups in total. The minimum Gasteiger partial charge on any atom is -0.462 e. The van der Waals surface area contributed by atoms with Gasteiger partial charge in [-0.3, -0.25) is 0 Å². The summed E-state index contributed by atoms with van der Waals surface area (Å²) >= 11 is 5.41. The molecule has 0 bridgehead atoms. The van der Waals surface area contributed by atoms with Gasteiger partial charge in [0.05, 0.1) is 17.2 Å². The average molecular weight is 368 g/mol. The molecule has 0 amide bonds. The first kappa shape index (κ1) is 20.9. The van der Waals surface area contributed by atoms with E-state index >= 15 is 0 Å². The first-order valence-corrected chi connectivity index (χ1v) is 6.06. The van der Waals surface area contributed by atoms with Crippen LogP contribution in [0.25, 0.3) is 0 Å². The van der Waals surface area contributed by atoms with E-state index < -0.39 is 40.3 Å². The molecule has 0 aliphatic carbocycles. The number of hydrogen-bond donors (Lipinski definition) is 1. The van der Waals surface area contributed by atoms with Crippen LogP contribution in [-0.4, -0.2) is 18.5 Å². The number of esters is 1. The predicted molar refractivity (Wildman–Crippen MR) is 72.2 cm³/mol. The van der Waals surface area contributed by atoms with Crippen LogP contribution in [0.15, 0.2) is 18.2 Å². The Morgan fingerprint density at radius 3 is 2.27 bits per heavy atom. The molecule has 126 valence electrons. The highest BCUT2D eigenvalue weighted by Gasteiger charge is 2.48. The third-order valence-corrected chi connectivity index (χ3v) is 2.91. The third kappa shape index (κ3) is 4.44. The van der Waals surface area contributed by atoms with Crippen molar-refractivity contribution in [2.24, 2.45) is 5.73 Å². The zero-order chi connectivity index (χ0) is 16.4. The quantitative estimate of drug-likeness (QED) is 0.646. The number of nitrogens with two attached hydrogens (primary N) is 1. The van der Waals surface area contributed by atoms with Crippen LogP contribution >= 0.6 is 24.0 Å². The molecule has 0 heterocycles. The van der Waals surface area contributed by atoms with Crippen LogP contribution in [0.5, 0.6) is 0 Å². The van der Waals surface area contributed by atoms with Crippen molar-refractivity contribution in [3.63, 3.8) is 0 Å². The van der Waals surface area contributed by atoms with Gasteiger partial charge in [0.25, 0.3) is 0 Å². The molecule has 0 aliphatic rings. The Hall–Kier alpha value is -1.12. The lowest BCUT2D eigenvalue weighted by Gasteiger charge is -2.22. The Morgan fingerprint density at radius 2 is 1.86 bits per heavy atom. The largest absolute Gasteiger partial charge is 0.462 e. The van der Waals surface area contributed by atoms with Crippen LogP contribution in [0.1, 0.15) is 24.1 Å². The van der Waals surface area contributed by atoms with Crippen LogP contribution in [0.2, 0.25) is 5.02 Å². The van der Waals surface area contributed by atoms with E-state index in [1.807, 2.05) is 0 Å². The van der Waals surface area contributed by atoms with Crippen LogP contribution in [0.4, 0.5) is 22.0 Å². The number of carbonyl (C=O) groups excluding carboxylic acids is 1. The van der Waals surface area contributed by atoms with E-state index in [-0.39, 0.29) is 19.0 Å². The summed E-state index contributed by atoms with van der Waals surface area (Å²) in [6.45, 7) is 1.05. The fourth-order valence-electron chi connectivity index (χ4n) is 1.52. The summed E-state index contributed by atoms with van der Waals surface area (Å²) in [5, 5.41) is -0.782. The highest BCUT2D eigenvalue weighted by molar-refractivity contribution is 6.31. The van der Waals surface area contributed by atoms with Gasteiger partial charge in [-0.1, -0.05) is 17.7 Å². The van der Waals surface area contributed by atoms with Gasteiger partial charge in [0.15, 0.2) is 0 Å². The van der Waals surface area contributed by atoms with Gasteiger partial charge in [-0.05, 0) is 24.6 Å². The lowest BCUT2D eigenvalue weighted by atomic mass is 10.00. The molecule has 3 nitrogen and oxygen atoms in total. The van der Waals surface area contributed by atoms with Crippen molar-refractivity contribution < 1.29 is 31.5 Å². The lowest BCUT2D eigenvalue weighted by Crippen LogP contribution is -2.41. The highest BCUT2D eigenvalue weighted by atomic mass is 35.5. The van der Waals surface area contributed by atoms with E-state index in [0.717, 1.165) is 6.07 Å². The SMILES string of the molecule is CCOC(=O)C(F)(F)[C@@H](N)c1ccc(C(F)(F)F)c(Cl)c1.Cl. The van der Waals surface area contributed by atoms with Gasteiger partial charge in [0.2, 0.25) is 0 Å². The van der Waals surface area contributed by atoms with Gasteiger partial charge in [0.1, 0.15) is 6.04 Å². The molecule has 0 unspecified atom stereocenters. The standard InChI is InChI=1S/C12H11ClF5NO2.ClH/c1-2-21-10(20)11(14,15)9(19)6-3-4-7(8(13)5-6)12(16,17)18;/h3-5,9H,2,19H2,1H3;1H/t9-;/m0./s1. The van der Waals surface area contributed by atoms with E-state index in [1.54, 1.807) is 0 Å². The number of benzene rings is 1. The number of carbonyl (C=O) groups is 1. The number of hydrogen-bond acceptors (Lipinski definition) is 3. The average Bonchev–Trinajstić information content (AvgIpc) is 2.36. The number of ether oxygens (including phenoxy) is 1. The summed E-state index contributed by atoms with van der Waals surface area (Å²) in [5.74, 6) is -5.94. The van der Waals surface area contributed by atoms with Crippen molar-refractivity contribution >= 4 is 30.0 Å². The lowest BCUT2D eigenvalue weighted by molar-refractivity contribution is -0.174. The molecule has 0 fully saturated rings. The topological polar surface area (TPSA) is 52.3 Å². The minimum absolute atomic E-state index is 0. The fraction of sp³-hybridized carbons (Fsp3) is 0.417. The van der Waals surface area contributed by atoms with Crippen LogP contribution in [0, 0.1) is 0 Å². The first-order chi connectivity index (χ1) is 9.51. The minimum atomic E-state index is -4.72. The Bertz CT molecular complexity index is 537. The maximum absolute atomic E-state index is 13.7. The Morgan fingerprint density at radius 1 is 1.32 bits per heavy atom. The van der Waals surface area contributed by atoms with Crippen LogP contribution < -0.4 is 5.73 Å². The second-order valence-electron chi connectivity index (χ2n) is 4.06. The summed E-state index contributed by atoms with van der Waals surface area (Å²) in [5.41, 5.74) is 3.65. The molecule has 0 spiro atoms. The van der Waals surface area contributed by atoms with Gasteiger partial charge in [-0.15, -0.1) is 12.4 Å². The molecule has 10 heteroatoms. The molecule has 1 rings (SSSR count). The Kier molecular flexibility index (Phi) is 7.05. The van der Waals surface area contributed by atoms with Crippen LogP contribution in [-0.2, 0) is 15.7 Å². The van der Waals surface area contributed by atoms with Crippen molar-refractivity contribution in [1.82, 2.24) is 0 Å². The Labute approximate surface area is 134 Å². The highest BCUT2D eigenvalue weighted by Crippen LogP contribution is 2.38. The smallest absolute Gasteiger partial charge is 0.417 e. The van der Waals surface area contributed by atoms with Crippen molar-refractivity contribution in [3.05, 3.63) is 34.3 Å². The number of alkyl halides is 5. The molecule has 0 saturated carbocycles. The van der Waals surface area contributed by atoms with Gasteiger partial charge in [-0.25, -0.2) is 4.79 Å². The maximum atomic E-state index is 13.7. The van der Waals surface area contributed by atoms with Crippen molar-refractivity contribution in [1.29, 1.82) is 0 Å². The molecule has 22 heavy (non-hydrogen) atoms. The zero-order valence-corrected chi connectivity index (χ0v) is 12.7. The fourth-order valence-corrected chi connectivity index (χ4v) is 1.81. The molecule has 0 saturated heterocycles. The summed E-state index contributed by atoms with van der Waals surface area (Å²) in [6, 6.07) is -0.246. The summed E-state index contributed by atoms with van der Waals surface area (Å²) in [6.07, 6.45) is -4.72. The summed E-state index contributed by atoms with van der Waals surface area (Å²) < 4.78 is 69.1. The Balaban J connectivity index is 0.00000441. The summed E-state index contributed by atoms with van der Waals surface area (Å²) in [4.78, 5) is 11.1. The molecule has 1 atom stereocenters. The molecule has 0 aromatic heterocycles. The second kappa shape index (κ2) is 7.43. The van der Waals surface area contributed by atoms with Gasteiger partial charge in [-0.2, -0.15) is 22.0 Å². The molecule has 1 aromatic carbocycles. The van der Waals surface area contributed by atoms with Gasteiger partial charge >= 0.3 is 18.1 Å². The van der Waals surface area contributed by atoms with Crippen molar-refractivity contribution in [3.8, 4) is 0 Å².